The van der Waals surface area contributed by atoms with Gasteiger partial charge < -0.3 is 14.8 Å². The summed E-state index contributed by atoms with van der Waals surface area (Å²) in [4.78, 5) is 14.3. The topological polar surface area (TPSA) is 50.8 Å². The first kappa shape index (κ1) is 17.9. The van der Waals surface area contributed by atoms with Crippen LogP contribution in [0.15, 0.2) is 24.3 Å². The van der Waals surface area contributed by atoms with Crippen LogP contribution in [0.3, 0.4) is 0 Å². The number of carbonyl (C=O) groups excluding carboxylic acids is 1. The van der Waals surface area contributed by atoms with Gasteiger partial charge in [-0.25, -0.2) is 0 Å². The normalized spacial score (nSPS) is 18.8. The lowest BCUT2D eigenvalue weighted by atomic mass is 10.1. The van der Waals surface area contributed by atoms with Crippen molar-refractivity contribution in [3.05, 3.63) is 35.4 Å². The molecule has 0 aromatic heterocycles. The highest BCUT2D eigenvalue weighted by Crippen LogP contribution is 2.09. The predicted octanol–water partition coefficient (Wildman–Crippen LogP) is 1.74. The Balaban J connectivity index is 1.64. The largest absolute Gasteiger partial charge is 0.385 e. The second-order valence-electron chi connectivity index (χ2n) is 6.09. The molecule has 1 saturated heterocycles. The summed E-state index contributed by atoms with van der Waals surface area (Å²) in [7, 11) is 1.71. The Bertz CT molecular complexity index is 476. The lowest BCUT2D eigenvalue weighted by Gasteiger charge is -2.32. The number of ether oxygens (including phenoxy) is 2. The van der Waals surface area contributed by atoms with Gasteiger partial charge in [-0.05, 0) is 18.9 Å². The third-order valence-electron chi connectivity index (χ3n) is 4.13. The highest BCUT2D eigenvalue weighted by Gasteiger charge is 2.20. The van der Waals surface area contributed by atoms with Gasteiger partial charge >= 0.3 is 0 Å². The zero-order chi connectivity index (χ0) is 16.5. The maximum atomic E-state index is 12.0. The van der Waals surface area contributed by atoms with Gasteiger partial charge in [0.1, 0.15) is 0 Å². The number of hydrogen-bond acceptors (Lipinski definition) is 4. The Morgan fingerprint density at radius 2 is 2.17 bits per heavy atom. The number of nitrogens with zero attached hydrogens (tertiary/aromatic N) is 1. The van der Waals surface area contributed by atoms with E-state index in [-0.39, 0.29) is 12.0 Å². The van der Waals surface area contributed by atoms with E-state index < -0.39 is 0 Å². The number of aryl methyl sites for hydroxylation is 1. The summed E-state index contributed by atoms with van der Waals surface area (Å²) >= 11 is 0. The van der Waals surface area contributed by atoms with Crippen LogP contribution in [0.2, 0.25) is 0 Å². The number of morpholine rings is 1. The molecule has 0 aliphatic carbocycles. The number of methoxy groups -OCH3 is 1. The molecule has 1 aliphatic rings. The van der Waals surface area contributed by atoms with Gasteiger partial charge in [-0.1, -0.05) is 29.8 Å². The molecule has 5 nitrogen and oxygen atoms in total. The molecule has 1 aromatic carbocycles. The summed E-state index contributed by atoms with van der Waals surface area (Å²) < 4.78 is 10.8. The lowest BCUT2D eigenvalue weighted by molar-refractivity contribution is -0.122. The molecule has 2 rings (SSSR count). The fourth-order valence-corrected chi connectivity index (χ4v) is 2.66. The summed E-state index contributed by atoms with van der Waals surface area (Å²) in [5.41, 5.74) is 2.37. The third-order valence-corrected chi connectivity index (χ3v) is 4.13. The molecule has 23 heavy (non-hydrogen) atoms. The van der Waals surface area contributed by atoms with Crippen molar-refractivity contribution >= 4 is 5.91 Å². The Hall–Kier alpha value is -1.43. The molecule has 1 atom stereocenters. The van der Waals surface area contributed by atoms with E-state index in [4.69, 9.17) is 9.47 Å². The number of benzene rings is 1. The average molecular weight is 320 g/mol. The van der Waals surface area contributed by atoms with E-state index in [0.29, 0.717) is 13.0 Å². The van der Waals surface area contributed by atoms with Gasteiger partial charge in [0, 0.05) is 46.3 Å². The van der Waals surface area contributed by atoms with E-state index in [9.17, 15) is 4.79 Å². The van der Waals surface area contributed by atoms with Crippen LogP contribution in [-0.4, -0.2) is 56.9 Å². The summed E-state index contributed by atoms with van der Waals surface area (Å²) in [6.45, 7) is 6.67. The maximum Gasteiger partial charge on any atom is 0.221 e. The number of rotatable bonds is 8. The minimum absolute atomic E-state index is 0.102. The van der Waals surface area contributed by atoms with E-state index in [1.807, 2.05) is 0 Å². The molecule has 0 bridgehead atoms. The number of carbonyl (C=O) groups is 1. The van der Waals surface area contributed by atoms with E-state index in [1.54, 1.807) is 7.11 Å². The molecule has 5 heteroatoms. The van der Waals surface area contributed by atoms with Gasteiger partial charge in [0.2, 0.25) is 5.91 Å². The van der Waals surface area contributed by atoms with Crippen molar-refractivity contribution in [2.24, 2.45) is 0 Å². The molecule has 128 valence electrons. The van der Waals surface area contributed by atoms with E-state index in [1.165, 1.54) is 5.56 Å². The van der Waals surface area contributed by atoms with Crippen molar-refractivity contribution in [1.29, 1.82) is 0 Å². The molecule has 1 N–H and O–H groups in total. The average Bonchev–Trinajstić information content (AvgIpc) is 2.58. The van der Waals surface area contributed by atoms with Gasteiger partial charge in [-0.2, -0.15) is 0 Å². The first-order chi connectivity index (χ1) is 11.2. The quantitative estimate of drug-likeness (QED) is 0.793. The van der Waals surface area contributed by atoms with Crippen LogP contribution in [0, 0.1) is 6.92 Å². The first-order valence-electron chi connectivity index (χ1n) is 8.32. The maximum absolute atomic E-state index is 12.0. The van der Waals surface area contributed by atoms with E-state index in [2.05, 4.69) is 41.4 Å². The van der Waals surface area contributed by atoms with E-state index in [0.717, 1.165) is 44.8 Å². The molecular formula is C18H28N2O3. The molecular weight excluding hydrogens is 292 g/mol. The van der Waals surface area contributed by atoms with Crippen LogP contribution in [0.4, 0.5) is 0 Å². The van der Waals surface area contributed by atoms with Gasteiger partial charge in [0.05, 0.1) is 12.7 Å². The Labute approximate surface area is 139 Å². The molecule has 0 saturated carbocycles. The van der Waals surface area contributed by atoms with Crippen LogP contribution in [0.25, 0.3) is 0 Å². The van der Waals surface area contributed by atoms with Crippen LogP contribution in [0.5, 0.6) is 0 Å². The molecule has 1 amide bonds. The molecule has 0 unspecified atom stereocenters. The zero-order valence-electron chi connectivity index (χ0n) is 14.2. The summed E-state index contributed by atoms with van der Waals surface area (Å²) in [6.07, 6.45) is 1.66. The predicted molar refractivity (Wildman–Crippen MR) is 90.3 cm³/mol. The minimum atomic E-state index is 0.102. The van der Waals surface area contributed by atoms with Crippen molar-refractivity contribution in [1.82, 2.24) is 10.2 Å². The monoisotopic (exact) mass is 320 g/mol. The van der Waals surface area contributed by atoms with Crippen molar-refractivity contribution < 1.29 is 14.3 Å². The molecule has 1 heterocycles. The van der Waals surface area contributed by atoms with Crippen molar-refractivity contribution in [3.63, 3.8) is 0 Å². The Morgan fingerprint density at radius 1 is 1.39 bits per heavy atom. The summed E-state index contributed by atoms with van der Waals surface area (Å²) in [5, 5.41) is 2.99. The fraction of sp³-hybridized carbons (Fsp3) is 0.611. The van der Waals surface area contributed by atoms with Gasteiger partial charge in [0.15, 0.2) is 0 Å². The Morgan fingerprint density at radius 3 is 2.91 bits per heavy atom. The first-order valence-corrected chi connectivity index (χ1v) is 8.32. The number of amides is 1. The lowest BCUT2D eigenvalue weighted by Crippen LogP contribution is -2.44. The van der Waals surface area contributed by atoms with Crippen molar-refractivity contribution in [2.45, 2.75) is 32.4 Å². The van der Waals surface area contributed by atoms with Gasteiger partial charge in [-0.3, -0.25) is 9.69 Å². The Kier molecular flexibility index (Phi) is 7.52. The van der Waals surface area contributed by atoms with Crippen LogP contribution in [0.1, 0.15) is 24.0 Å². The van der Waals surface area contributed by atoms with Gasteiger partial charge in [-0.15, -0.1) is 0 Å². The number of hydrogen-bond donors (Lipinski definition) is 1. The molecule has 1 aliphatic heterocycles. The molecule has 0 spiro atoms. The molecule has 0 radical (unpaired) electrons. The summed E-state index contributed by atoms with van der Waals surface area (Å²) in [5.74, 6) is 0.102. The SMILES string of the molecule is COCC[C@@H]1CN(CCC(=O)NCc2ccc(C)cc2)CCO1. The smallest absolute Gasteiger partial charge is 0.221 e. The standard InChI is InChI=1S/C18H28N2O3/c1-15-3-5-16(6-4-15)13-19-18(21)7-9-20-10-12-23-17(14-20)8-11-22-2/h3-6,17H,7-14H2,1-2H3,(H,19,21)/t17-/m1/s1. The number of nitrogens with one attached hydrogen (secondary N) is 1. The van der Waals surface area contributed by atoms with Crippen LogP contribution in [-0.2, 0) is 20.8 Å². The van der Waals surface area contributed by atoms with E-state index >= 15 is 0 Å². The summed E-state index contributed by atoms with van der Waals surface area (Å²) in [6, 6.07) is 8.24. The van der Waals surface area contributed by atoms with Crippen LogP contribution >= 0.6 is 0 Å². The second-order valence-corrected chi connectivity index (χ2v) is 6.09. The fourth-order valence-electron chi connectivity index (χ4n) is 2.66. The highest BCUT2D eigenvalue weighted by atomic mass is 16.5. The second kappa shape index (κ2) is 9.65. The third kappa shape index (κ3) is 6.69. The molecule has 1 aromatic rings. The molecule has 1 fully saturated rings. The van der Waals surface area contributed by atoms with Crippen molar-refractivity contribution in [3.8, 4) is 0 Å². The zero-order valence-corrected chi connectivity index (χ0v) is 14.2. The highest BCUT2D eigenvalue weighted by molar-refractivity contribution is 5.76. The van der Waals surface area contributed by atoms with Gasteiger partial charge in [0.25, 0.3) is 0 Å². The van der Waals surface area contributed by atoms with Crippen LogP contribution < -0.4 is 5.32 Å². The van der Waals surface area contributed by atoms with Crippen molar-refractivity contribution in [2.75, 3.05) is 40.0 Å². The minimum Gasteiger partial charge on any atom is -0.385 e.